The number of allylic oxidation sites excluding steroid dienone is 1. The van der Waals surface area contributed by atoms with Gasteiger partial charge in [0.1, 0.15) is 0 Å². The summed E-state index contributed by atoms with van der Waals surface area (Å²) < 4.78 is 6.95. The highest BCUT2D eigenvalue weighted by atomic mass is 16.2. The van der Waals surface area contributed by atoms with Gasteiger partial charge in [-0.15, -0.1) is 0 Å². The minimum absolute atomic E-state index is 0.218. The van der Waals surface area contributed by atoms with Crippen molar-refractivity contribution in [3.05, 3.63) is 44.4 Å². The molecule has 0 radical (unpaired) electrons. The maximum atomic E-state index is 13.2. The van der Waals surface area contributed by atoms with E-state index in [2.05, 4.69) is 18.1 Å². The summed E-state index contributed by atoms with van der Waals surface area (Å²) in [4.78, 5) is 30.7. The van der Waals surface area contributed by atoms with Gasteiger partial charge in [0, 0.05) is 24.5 Å². The quantitative estimate of drug-likeness (QED) is 0.667. The average Bonchev–Trinajstić information content (AvgIpc) is 3.14. The van der Waals surface area contributed by atoms with E-state index in [1.54, 1.807) is 7.05 Å². The van der Waals surface area contributed by atoms with Gasteiger partial charge in [-0.3, -0.25) is 18.3 Å². The fourth-order valence-corrected chi connectivity index (χ4v) is 4.46. The third-order valence-electron chi connectivity index (χ3n) is 5.93. The van der Waals surface area contributed by atoms with Crippen molar-refractivity contribution in [3.8, 4) is 0 Å². The van der Waals surface area contributed by atoms with E-state index in [-0.39, 0.29) is 17.8 Å². The summed E-state index contributed by atoms with van der Waals surface area (Å²) in [6, 6.07) is 0.404. The molecule has 1 aliphatic carbocycles. The normalized spacial score (nSPS) is 15.9. The molecule has 27 heavy (non-hydrogen) atoms. The summed E-state index contributed by atoms with van der Waals surface area (Å²) in [6.07, 6.45) is 5.98. The molecule has 0 unspecified atom stereocenters. The first-order valence-corrected chi connectivity index (χ1v) is 9.66. The molecule has 1 fully saturated rings. The van der Waals surface area contributed by atoms with Crippen LogP contribution in [0.2, 0.25) is 0 Å². The predicted octanol–water partition coefficient (Wildman–Crippen LogP) is 2.85. The number of imidazole rings is 2. The number of fused-ring (bicyclic) bond motifs is 3. The van der Waals surface area contributed by atoms with Crippen LogP contribution in [0, 0.1) is 13.8 Å². The van der Waals surface area contributed by atoms with Crippen LogP contribution in [-0.2, 0) is 13.6 Å². The maximum Gasteiger partial charge on any atom is 0.332 e. The lowest BCUT2D eigenvalue weighted by Crippen LogP contribution is -2.39. The molecule has 0 aliphatic heterocycles. The number of aromatic nitrogens is 5. The van der Waals surface area contributed by atoms with Gasteiger partial charge in [0.15, 0.2) is 11.2 Å². The van der Waals surface area contributed by atoms with Gasteiger partial charge in [0.05, 0.1) is 6.54 Å². The van der Waals surface area contributed by atoms with Gasteiger partial charge < -0.3 is 4.57 Å². The second-order valence-corrected chi connectivity index (χ2v) is 7.94. The van der Waals surface area contributed by atoms with Gasteiger partial charge in [0.25, 0.3) is 5.56 Å². The molecule has 0 aromatic carbocycles. The second-order valence-electron chi connectivity index (χ2n) is 7.94. The molecule has 0 saturated heterocycles. The molecule has 7 heteroatoms. The molecule has 144 valence electrons. The molecule has 0 amide bonds. The molecule has 1 aliphatic rings. The zero-order valence-electron chi connectivity index (χ0n) is 16.6. The lowest BCUT2D eigenvalue weighted by atomic mass is 9.95. The minimum atomic E-state index is -0.352. The summed E-state index contributed by atoms with van der Waals surface area (Å²) in [7, 11) is 1.68. The van der Waals surface area contributed by atoms with Crippen LogP contribution < -0.4 is 11.2 Å². The standard InChI is InChI=1S/C20H27N5O2/c1-12(2)11-23-18(26)16-17(22(5)20(23)27)21-19-24(13(3)14(4)25(16)19)15-9-7-6-8-10-15/h15H,1,6-11H2,2-5H3. The molecule has 0 spiro atoms. The van der Waals surface area contributed by atoms with E-state index in [4.69, 9.17) is 4.98 Å². The molecular formula is C20H27N5O2. The first-order chi connectivity index (χ1) is 12.8. The topological polar surface area (TPSA) is 66.2 Å². The zero-order valence-corrected chi connectivity index (χ0v) is 16.6. The van der Waals surface area contributed by atoms with Crippen molar-refractivity contribution in [1.82, 2.24) is 23.1 Å². The van der Waals surface area contributed by atoms with Crippen molar-refractivity contribution < 1.29 is 0 Å². The largest absolute Gasteiger partial charge is 0.332 e. The summed E-state index contributed by atoms with van der Waals surface area (Å²) in [5.74, 6) is 0.770. The highest BCUT2D eigenvalue weighted by Crippen LogP contribution is 2.33. The Bertz CT molecular complexity index is 1180. The Balaban J connectivity index is 2.10. The van der Waals surface area contributed by atoms with Gasteiger partial charge in [-0.2, -0.15) is 4.98 Å². The SMILES string of the molecule is C=C(C)Cn1c(=O)c2c(nc3n(C4CCCCC4)c(C)c(C)n23)n(C)c1=O. The Morgan fingerprint density at radius 2 is 1.81 bits per heavy atom. The monoisotopic (exact) mass is 369 g/mol. The minimum Gasteiger partial charge on any atom is -0.311 e. The van der Waals surface area contributed by atoms with E-state index < -0.39 is 0 Å². The smallest absolute Gasteiger partial charge is 0.311 e. The van der Waals surface area contributed by atoms with E-state index in [1.807, 2.05) is 18.2 Å². The average molecular weight is 369 g/mol. The van der Waals surface area contributed by atoms with Crippen LogP contribution in [0.5, 0.6) is 0 Å². The Morgan fingerprint density at radius 1 is 1.15 bits per heavy atom. The van der Waals surface area contributed by atoms with E-state index in [0.717, 1.165) is 35.6 Å². The highest BCUT2D eigenvalue weighted by molar-refractivity contribution is 5.76. The summed E-state index contributed by atoms with van der Waals surface area (Å²) in [5.41, 5.74) is 3.19. The molecule has 7 nitrogen and oxygen atoms in total. The third kappa shape index (κ3) is 2.51. The van der Waals surface area contributed by atoms with Crippen molar-refractivity contribution in [2.24, 2.45) is 7.05 Å². The van der Waals surface area contributed by atoms with Gasteiger partial charge in [-0.05, 0) is 33.6 Å². The molecular weight excluding hydrogens is 342 g/mol. The predicted molar refractivity (Wildman–Crippen MR) is 107 cm³/mol. The van der Waals surface area contributed by atoms with Crippen molar-refractivity contribution >= 4 is 16.9 Å². The van der Waals surface area contributed by atoms with Crippen LogP contribution in [0.3, 0.4) is 0 Å². The molecule has 0 atom stereocenters. The fourth-order valence-electron chi connectivity index (χ4n) is 4.46. The van der Waals surface area contributed by atoms with Crippen molar-refractivity contribution in [2.45, 2.75) is 65.5 Å². The van der Waals surface area contributed by atoms with Crippen LogP contribution >= 0.6 is 0 Å². The van der Waals surface area contributed by atoms with Crippen molar-refractivity contribution in [1.29, 1.82) is 0 Å². The Kier molecular flexibility index (Phi) is 4.13. The molecule has 4 rings (SSSR count). The Hall–Kier alpha value is -2.57. The molecule has 0 N–H and O–H groups in total. The number of hydrogen-bond donors (Lipinski definition) is 0. The number of nitrogens with zero attached hydrogens (tertiary/aromatic N) is 5. The number of hydrogen-bond acceptors (Lipinski definition) is 3. The molecule has 0 bridgehead atoms. The van der Waals surface area contributed by atoms with Crippen molar-refractivity contribution in [3.63, 3.8) is 0 Å². The highest BCUT2D eigenvalue weighted by Gasteiger charge is 2.26. The molecule has 3 aromatic rings. The zero-order chi connectivity index (χ0) is 19.5. The number of rotatable bonds is 3. The van der Waals surface area contributed by atoms with Crippen LogP contribution in [0.4, 0.5) is 0 Å². The second kappa shape index (κ2) is 6.25. The molecule has 3 aromatic heterocycles. The Labute approximate surface area is 157 Å². The van der Waals surface area contributed by atoms with E-state index in [9.17, 15) is 9.59 Å². The van der Waals surface area contributed by atoms with Gasteiger partial charge in [-0.25, -0.2) is 4.79 Å². The summed E-state index contributed by atoms with van der Waals surface area (Å²) >= 11 is 0. The summed E-state index contributed by atoms with van der Waals surface area (Å²) in [6.45, 7) is 10.0. The lowest BCUT2D eigenvalue weighted by Gasteiger charge is -2.24. The lowest BCUT2D eigenvalue weighted by molar-refractivity contribution is 0.355. The summed E-state index contributed by atoms with van der Waals surface area (Å²) in [5, 5.41) is 0. The van der Waals surface area contributed by atoms with Crippen LogP contribution in [0.25, 0.3) is 16.9 Å². The van der Waals surface area contributed by atoms with Gasteiger partial charge in [0.2, 0.25) is 5.78 Å². The van der Waals surface area contributed by atoms with E-state index >= 15 is 0 Å². The van der Waals surface area contributed by atoms with Crippen molar-refractivity contribution in [2.75, 3.05) is 0 Å². The third-order valence-corrected chi connectivity index (χ3v) is 5.93. The fraction of sp³-hybridized carbons (Fsp3) is 0.550. The van der Waals surface area contributed by atoms with Crippen LogP contribution in [-0.4, -0.2) is 23.1 Å². The molecule has 1 saturated carbocycles. The van der Waals surface area contributed by atoms with Gasteiger partial charge in [-0.1, -0.05) is 31.4 Å². The Morgan fingerprint density at radius 3 is 2.44 bits per heavy atom. The van der Waals surface area contributed by atoms with Crippen LogP contribution in [0.15, 0.2) is 21.7 Å². The van der Waals surface area contributed by atoms with E-state index in [0.29, 0.717) is 17.2 Å². The first-order valence-electron chi connectivity index (χ1n) is 9.66. The number of aryl methyl sites for hydroxylation is 2. The van der Waals surface area contributed by atoms with Crippen LogP contribution in [0.1, 0.15) is 56.5 Å². The molecule has 3 heterocycles. The first kappa shape index (κ1) is 17.8. The van der Waals surface area contributed by atoms with Gasteiger partial charge >= 0.3 is 5.69 Å². The maximum absolute atomic E-state index is 13.2. The van der Waals surface area contributed by atoms with E-state index in [1.165, 1.54) is 28.4 Å².